The Labute approximate surface area is 217 Å². The van der Waals surface area contributed by atoms with Crippen molar-refractivity contribution in [1.82, 2.24) is 0 Å². The third-order valence-electron chi connectivity index (χ3n) is 6.79. The minimum absolute atomic E-state index is 0.269. The molecular formula is C30H32N2O5. The van der Waals surface area contributed by atoms with Crippen LogP contribution in [0.2, 0.25) is 0 Å². The Morgan fingerprint density at radius 3 is 2.35 bits per heavy atom. The maximum absolute atomic E-state index is 14.0. The van der Waals surface area contributed by atoms with Crippen molar-refractivity contribution in [2.24, 2.45) is 5.92 Å². The number of aryl methyl sites for hydroxylation is 2. The number of hydrogen-bond donors (Lipinski definition) is 0. The van der Waals surface area contributed by atoms with Crippen LogP contribution in [0.4, 0.5) is 11.4 Å². The van der Waals surface area contributed by atoms with E-state index in [-0.39, 0.29) is 11.8 Å². The Morgan fingerprint density at radius 2 is 1.65 bits per heavy atom. The number of amides is 2. The minimum Gasteiger partial charge on any atom is -0.490 e. The summed E-state index contributed by atoms with van der Waals surface area (Å²) in [4.78, 5) is 35.2. The molecule has 0 bridgehead atoms. The third-order valence-corrected chi connectivity index (χ3v) is 6.79. The summed E-state index contributed by atoms with van der Waals surface area (Å²) < 4.78 is 11.8. The van der Waals surface area contributed by atoms with Crippen LogP contribution in [-0.4, -0.2) is 31.1 Å². The lowest BCUT2D eigenvalue weighted by atomic mass is 9.90. The van der Waals surface area contributed by atoms with Crippen LogP contribution in [0.5, 0.6) is 11.5 Å². The van der Waals surface area contributed by atoms with Crippen molar-refractivity contribution in [3.63, 3.8) is 0 Å². The number of para-hydroxylation sites is 1. The largest absolute Gasteiger partial charge is 0.490 e. The second kappa shape index (κ2) is 10.3. The van der Waals surface area contributed by atoms with E-state index in [9.17, 15) is 9.59 Å². The first-order valence-electron chi connectivity index (χ1n) is 12.8. The Hall–Kier alpha value is -3.84. The quantitative estimate of drug-likeness (QED) is 0.378. The van der Waals surface area contributed by atoms with Crippen molar-refractivity contribution < 1.29 is 23.9 Å². The molecule has 0 aliphatic carbocycles. The number of ether oxygens (including phenoxy) is 2. The number of anilines is 2. The Bertz CT molecular complexity index is 1310. The van der Waals surface area contributed by atoms with E-state index in [1.54, 1.807) is 5.06 Å². The van der Waals surface area contributed by atoms with Gasteiger partial charge in [0.2, 0.25) is 5.91 Å². The van der Waals surface area contributed by atoms with Crippen molar-refractivity contribution in [2.75, 3.05) is 23.2 Å². The Kier molecular flexibility index (Phi) is 6.89. The zero-order valence-corrected chi connectivity index (χ0v) is 21.6. The summed E-state index contributed by atoms with van der Waals surface area (Å²) in [5.41, 5.74) is 4.12. The summed E-state index contributed by atoms with van der Waals surface area (Å²) in [6.07, 6.45) is -0.0508. The van der Waals surface area contributed by atoms with Crippen LogP contribution in [0.15, 0.2) is 66.7 Å². The smallest absolute Gasteiger partial charge is 0.266 e. The standard InChI is InChI=1S/C30H32N2O5/c1-5-16-36-24-15-13-21(18-25(24)35-6-2)27-26-28(37-32(27)22-10-8-7-9-11-22)30(34)31(29(26)33)23-14-12-19(3)17-20(23)4/h7-15,17-18,26-28H,5-6,16H2,1-4H3/t26-,27-,28-/m1/s1. The predicted molar refractivity (Wildman–Crippen MR) is 142 cm³/mol. The summed E-state index contributed by atoms with van der Waals surface area (Å²) in [5.74, 6) is -0.0777. The molecule has 2 amide bonds. The summed E-state index contributed by atoms with van der Waals surface area (Å²) >= 11 is 0. The van der Waals surface area contributed by atoms with Gasteiger partial charge in [0.1, 0.15) is 5.92 Å². The molecule has 3 aromatic carbocycles. The van der Waals surface area contributed by atoms with E-state index in [1.807, 2.05) is 94.4 Å². The van der Waals surface area contributed by atoms with Crippen LogP contribution in [-0.2, 0) is 14.4 Å². The van der Waals surface area contributed by atoms with Gasteiger partial charge in [-0.2, -0.15) is 0 Å². The Morgan fingerprint density at radius 1 is 0.865 bits per heavy atom. The lowest BCUT2D eigenvalue weighted by Gasteiger charge is -2.29. The monoisotopic (exact) mass is 500 g/mol. The number of imide groups is 1. The average Bonchev–Trinajstić information content (AvgIpc) is 3.40. The summed E-state index contributed by atoms with van der Waals surface area (Å²) in [6, 6.07) is 20.4. The molecular weight excluding hydrogens is 468 g/mol. The van der Waals surface area contributed by atoms with E-state index in [2.05, 4.69) is 0 Å². The van der Waals surface area contributed by atoms with Gasteiger partial charge in [0.05, 0.1) is 30.6 Å². The SMILES string of the molecule is CCCOc1ccc([C@@H]2[C@H]3C(=O)N(c4ccc(C)cc4C)C(=O)[C@@H]3ON2c2ccccc2)cc1OCC. The fraction of sp³-hybridized carbons (Fsp3) is 0.333. The highest BCUT2D eigenvalue weighted by Crippen LogP contribution is 2.49. The molecule has 0 unspecified atom stereocenters. The first kappa shape index (κ1) is 24.8. The van der Waals surface area contributed by atoms with Crippen LogP contribution in [0.3, 0.4) is 0 Å². The van der Waals surface area contributed by atoms with Gasteiger partial charge in [-0.1, -0.05) is 48.9 Å². The summed E-state index contributed by atoms with van der Waals surface area (Å²) in [5, 5.41) is 1.70. The maximum Gasteiger partial charge on any atom is 0.266 e. The van der Waals surface area contributed by atoms with Gasteiger partial charge in [0.15, 0.2) is 17.6 Å². The number of rotatable bonds is 8. The molecule has 2 heterocycles. The average molecular weight is 501 g/mol. The molecule has 0 N–H and O–H groups in total. The molecule has 37 heavy (non-hydrogen) atoms. The number of nitrogens with zero attached hydrogens (tertiary/aromatic N) is 2. The molecule has 3 atom stereocenters. The molecule has 7 nitrogen and oxygen atoms in total. The van der Waals surface area contributed by atoms with Gasteiger partial charge in [-0.3, -0.25) is 14.4 Å². The molecule has 2 fully saturated rings. The van der Waals surface area contributed by atoms with Crippen LogP contribution >= 0.6 is 0 Å². The fourth-order valence-corrected chi connectivity index (χ4v) is 5.15. The van der Waals surface area contributed by atoms with Crippen molar-refractivity contribution in [3.8, 4) is 11.5 Å². The van der Waals surface area contributed by atoms with Gasteiger partial charge in [0.25, 0.3) is 5.91 Å². The third kappa shape index (κ3) is 4.44. The highest BCUT2D eigenvalue weighted by molar-refractivity contribution is 6.24. The van der Waals surface area contributed by atoms with E-state index in [0.717, 1.165) is 28.8 Å². The van der Waals surface area contributed by atoms with E-state index < -0.39 is 18.1 Å². The van der Waals surface area contributed by atoms with Crippen molar-refractivity contribution >= 4 is 23.2 Å². The first-order chi connectivity index (χ1) is 17.9. The maximum atomic E-state index is 14.0. The van der Waals surface area contributed by atoms with E-state index >= 15 is 0 Å². The lowest BCUT2D eigenvalue weighted by molar-refractivity contribution is -0.126. The lowest BCUT2D eigenvalue weighted by Crippen LogP contribution is -2.37. The molecule has 192 valence electrons. The number of carbonyl (C=O) groups excluding carboxylic acids is 2. The number of carbonyl (C=O) groups is 2. The molecule has 7 heteroatoms. The van der Waals surface area contributed by atoms with Crippen molar-refractivity contribution in [2.45, 2.75) is 46.3 Å². The van der Waals surface area contributed by atoms with Crippen LogP contribution < -0.4 is 19.4 Å². The normalized spacial score (nSPS) is 20.9. The Balaban J connectivity index is 1.58. The van der Waals surface area contributed by atoms with Crippen LogP contribution in [0, 0.1) is 19.8 Å². The summed E-state index contributed by atoms with van der Waals surface area (Å²) in [6.45, 7) is 8.91. The molecule has 0 saturated carbocycles. The number of fused-ring (bicyclic) bond motifs is 1. The topological polar surface area (TPSA) is 68.3 Å². The highest BCUT2D eigenvalue weighted by Gasteiger charge is 2.60. The highest BCUT2D eigenvalue weighted by atomic mass is 16.7. The van der Waals surface area contributed by atoms with Crippen LogP contribution in [0.25, 0.3) is 0 Å². The molecule has 5 rings (SSSR count). The summed E-state index contributed by atoms with van der Waals surface area (Å²) in [7, 11) is 0. The molecule has 2 aliphatic rings. The number of hydrogen-bond acceptors (Lipinski definition) is 6. The molecule has 2 saturated heterocycles. The van der Waals surface area contributed by atoms with Crippen molar-refractivity contribution in [3.05, 3.63) is 83.4 Å². The van der Waals surface area contributed by atoms with Crippen LogP contribution in [0.1, 0.15) is 43.0 Å². The molecule has 0 spiro atoms. The second-order valence-electron chi connectivity index (χ2n) is 9.45. The molecule has 0 radical (unpaired) electrons. The predicted octanol–water partition coefficient (Wildman–Crippen LogP) is 5.54. The van der Waals surface area contributed by atoms with Gasteiger partial charge < -0.3 is 9.47 Å². The zero-order chi connectivity index (χ0) is 26.1. The second-order valence-corrected chi connectivity index (χ2v) is 9.45. The van der Waals surface area contributed by atoms with E-state index in [1.165, 1.54) is 4.90 Å². The van der Waals surface area contributed by atoms with Gasteiger partial charge in [-0.25, -0.2) is 9.96 Å². The first-order valence-corrected chi connectivity index (χ1v) is 12.8. The molecule has 0 aromatic heterocycles. The minimum atomic E-state index is -0.926. The zero-order valence-electron chi connectivity index (χ0n) is 21.6. The number of benzene rings is 3. The molecule has 2 aliphatic heterocycles. The van der Waals surface area contributed by atoms with E-state index in [0.29, 0.717) is 30.4 Å². The van der Waals surface area contributed by atoms with Crippen molar-refractivity contribution in [1.29, 1.82) is 0 Å². The van der Waals surface area contributed by atoms with Gasteiger partial charge in [-0.05, 0) is 68.7 Å². The van der Waals surface area contributed by atoms with Gasteiger partial charge in [-0.15, -0.1) is 0 Å². The van der Waals surface area contributed by atoms with Gasteiger partial charge in [0, 0.05) is 0 Å². The van der Waals surface area contributed by atoms with E-state index in [4.69, 9.17) is 14.3 Å². The molecule has 3 aromatic rings. The van der Waals surface area contributed by atoms with Gasteiger partial charge >= 0.3 is 0 Å². The fourth-order valence-electron chi connectivity index (χ4n) is 5.15. The number of hydroxylamine groups is 1.